The molecule has 0 aromatic heterocycles. The SMILES string of the molecule is COCCCN1C(=O)COc2ccc(N(C(=O)[C@H]3CNCC[C@@H]3c3cccc(-c4ccc5c(c4)NC(=O)C5)c3)C3CC3)cc21. The molecule has 44 heavy (non-hydrogen) atoms. The zero-order valence-corrected chi connectivity index (χ0v) is 25.0. The number of carbonyl (C=O) groups excluding carboxylic acids is 3. The largest absolute Gasteiger partial charge is 0.482 e. The van der Waals surface area contributed by atoms with Crippen LogP contribution in [-0.4, -0.2) is 63.7 Å². The Kier molecular flexibility index (Phi) is 7.82. The number of fused-ring (bicyclic) bond motifs is 2. The third-order valence-electron chi connectivity index (χ3n) is 9.23. The molecule has 4 aliphatic rings. The number of benzene rings is 3. The Morgan fingerprint density at radius 1 is 1.05 bits per heavy atom. The van der Waals surface area contributed by atoms with E-state index in [4.69, 9.17) is 9.47 Å². The van der Waals surface area contributed by atoms with Crippen LogP contribution in [0.4, 0.5) is 17.1 Å². The third-order valence-corrected chi connectivity index (χ3v) is 9.23. The van der Waals surface area contributed by atoms with E-state index < -0.39 is 0 Å². The molecule has 1 saturated heterocycles. The van der Waals surface area contributed by atoms with Gasteiger partial charge in [0.05, 0.1) is 18.0 Å². The van der Waals surface area contributed by atoms with Crippen molar-refractivity contribution in [3.05, 3.63) is 71.8 Å². The minimum Gasteiger partial charge on any atom is -0.482 e. The Balaban J connectivity index is 1.17. The molecule has 0 radical (unpaired) electrons. The lowest BCUT2D eigenvalue weighted by atomic mass is 9.79. The van der Waals surface area contributed by atoms with Gasteiger partial charge in [-0.1, -0.05) is 36.4 Å². The second-order valence-corrected chi connectivity index (χ2v) is 12.2. The number of rotatable bonds is 9. The first-order valence-corrected chi connectivity index (χ1v) is 15.6. The highest BCUT2D eigenvalue weighted by Crippen LogP contribution is 2.42. The molecule has 3 heterocycles. The second-order valence-electron chi connectivity index (χ2n) is 12.2. The summed E-state index contributed by atoms with van der Waals surface area (Å²) in [5.74, 6) is 0.549. The average Bonchev–Trinajstić information content (AvgIpc) is 3.81. The van der Waals surface area contributed by atoms with Gasteiger partial charge in [0, 0.05) is 44.2 Å². The zero-order chi connectivity index (χ0) is 30.2. The summed E-state index contributed by atoms with van der Waals surface area (Å²) in [5, 5.41) is 6.44. The second kappa shape index (κ2) is 12.1. The van der Waals surface area contributed by atoms with Crippen molar-refractivity contribution >= 4 is 34.8 Å². The Bertz CT molecular complexity index is 1600. The fraction of sp³-hybridized carbons (Fsp3) is 0.400. The molecule has 3 aromatic rings. The van der Waals surface area contributed by atoms with Gasteiger partial charge < -0.3 is 29.9 Å². The quantitative estimate of drug-likeness (QED) is 0.354. The molecule has 0 unspecified atom stereocenters. The van der Waals surface area contributed by atoms with Gasteiger partial charge in [0.15, 0.2) is 6.61 Å². The van der Waals surface area contributed by atoms with E-state index in [1.165, 1.54) is 0 Å². The predicted octanol–water partition coefficient (Wildman–Crippen LogP) is 4.50. The molecule has 228 valence electrons. The topological polar surface area (TPSA) is 100 Å². The summed E-state index contributed by atoms with van der Waals surface area (Å²) in [6.07, 6.45) is 3.92. The summed E-state index contributed by atoms with van der Waals surface area (Å²) in [7, 11) is 1.66. The average molecular weight is 595 g/mol. The van der Waals surface area contributed by atoms with Gasteiger partial charge in [0.25, 0.3) is 5.91 Å². The van der Waals surface area contributed by atoms with Crippen LogP contribution >= 0.6 is 0 Å². The monoisotopic (exact) mass is 594 g/mol. The van der Waals surface area contributed by atoms with Gasteiger partial charge in [-0.05, 0) is 84.7 Å². The Morgan fingerprint density at radius 3 is 2.75 bits per heavy atom. The number of ether oxygens (including phenoxy) is 2. The lowest BCUT2D eigenvalue weighted by Crippen LogP contribution is -2.47. The van der Waals surface area contributed by atoms with Crippen molar-refractivity contribution in [2.75, 3.05) is 55.1 Å². The van der Waals surface area contributed by atoms with Crippen molar-refractivity contribution in [2.24, 2.45) is 5.92 Å². The molecule has 3 amide bonds. The summed E-state index contributed by atoms with van der Waals surface area (Å²) in [6, 6.07) is 20.6. The first kappa shape index (κ1) is 28.6. The summed E-state index contributed by atoms with van der Waals surface area (Å²) in [5.41, 5.74) is 6.69. The number of methoxy groups -OCH3 is 1. The maximum Gasteiger partial charge on any atom is 0.265 e. The molecular weight excluding hydrogens is 556 g/mol. The number of anilines is 3. The molecule has 2 fully saturated rings. The molecule has 0 bridgehead atoms. The molecule has 2 atom stereocenters. The van der Waals surface area contributed by atoms with Crippen molar-refractivity contribution in [3.8, 4) is 16.9 Å². The lowest BCUT2D eigenvalue weighted by molar-refractivity contribution is -0.123. The van der Waals surface area contributed by atoms with Crippen molar-refractivity contribution in [2.45, 2.75) is 44.1 Å². The summed E-state index contributed by atoms with van der Waals surface area (Å²) >= 11 is 0. The zero-order valence-electron chi connectivity index (χ0n) is 25.0. The van der Waals surface area contributed by atoms with Crippen LogP contribution in [0.3, 0.4) is 0 Å². The van der Waals surface area contributed by atoms with E-state index >= 15 is 0 Å². The highest BCUT2D eigenvalue weighted by Gasteiger charge is 2.41. The fourth-order valence-electron chi connectivity index (χ4n) is 6.84. The molecule has 0 spiro atoms. The third kappa shape index (κ3) is 5.57. The van der Waals surface area contributed by atoms with E-state index in [-0.39, 0.29) is 42.2 Å². The number of amides is 3. The first-order valence-electron chi connectivity index (χ1n) is 15.6. The molecule has 9 heteroatoms. The minimum atomic E-state index is -0.231. The maximum absolute atomic E-state index is 14.5. The lowest BCUT2D eigenvalue weighted by Gasteiger charge is -2.36. The van der Waals surface area contributed by atoms with Crippen LogP contribution in [0.2, 0.25) is 0 Å². The van der Waals surface area contributed by atoms with Crippen LogP contribution in [0.5, 0.6) is 5.75 Å². The van der Waals surface area contributed by atoms with Gasteiger partial charge in [-0.25, -0.2) is 0 Å². The Labute approximate surface area is 257 Å². The van der Waals surface area contributed by atoms with Gasteiger partial charge in [-0.15, -0.1) is 0 Å². The molecule has 2 N–H and O–H groups in total. The summed E-state index contributed by atoms with van der Waals surface area (Å²) in [4.78, 5) is 43.0. The van der Waals surface area contributed by atoms with E-state index in [1.54, 1.807) is 12.0 Å². The van der Waals surface area contributed by atoms with Crippen molar-refractivity contribution in [1.82, 2.24) is 5.32 Å². The minimum absolute atomic E-state index is 0.0131. The van der Waals surface area contributed by atoms with E-state index in [1.807, 2.05) is 35.2 Å². The van der Waals surface area contributed by atoms with Gasteiger partial charge in [-0.2, -0.15) is 0 Å². The number of carbonyl (C=O) groups is 3. The van der Waals surface area contributed by atoms with Gasteiger partial charge >= 0.3 is 0 Å². The first-order chi connectivity index (χ1) is 21.5. The van der Waals surface area contributed by atoms with E-state index in [9.17, 15) is 14.4 Å². The molecule has 1 saturated carbocycles. The van der Waals surface area contributed by atoms with Gasteiger partial charge in [0.2, 0.25) is 11.8 Å². The molecule has 7 rings (SSSR count). The smallest absolute Gasteiger partial charge is 0.265 e. The number of nitrogens with one attached hydrogen (secondary N) is 2. The van der Waals surface area contributed by atoms with Crippen LogP contribution in [-0.2, 0) is 25.5 Å². The van der Waals surface area contributed by atoms with E-state index in [2.05, 4.69) is 41.0 Å². The van der Waals surface area contributed by atoms with Crippen molar-refractivity contribution < 1.29 is 23.9 Å². The number of nitrogens with zero attached hydrogens (tertiary/aromatic N) is 2. The van der Waals surface area contributed by atoms with Gasteiger partial charge in [0.1, 0.15) is 5.75 Å². The number of hydrogen-bond donors (Lipinski definition) is 2. The molecule has 3 aromatic carbocycles. The van der Waals surface area contributed by atoms with Gasteiger partial charge in [-0.3, -0.25) is 14.4 Å². The van der Waals surface area contributed by atoms with Crippen LogP contribution in [0.1, 0.15) is 42.7 Å². The van der Waals surface area contributed by atoms with Crippen molar-refractivity contribution in [3.63, 3.8) is 0 Å². The fourth-order valence-corrected chi connectivity index (χ4v) is 6.84. The molecular formula is C35H38N4O5. The normalized spacial score (nSPS) is 20.9. The Hall–Kier alpha value is -4.21. The van der Waals surface area contributed by atoms with Crippen LogP contribution in [0.15, 0.2) is 60.7 Å². The van der Waals surface area contributed by atoms with Crippen LogP contribution in [0.25, 0.3) is 11.1 Å². The van der Waals surface area contributed by atoms with Crippen molar-refractivity contribution in [1.29, 1.82) is 0 Å². The standard InChI is InChI=1S/C35H38N4O5/c1-43-15-3-14-38-31-19-27(10-11-32(31)44-21-34(38)41)39(26-8-9-26)35(42)29-20-36-13-12-28(29)24-5-2-4-22(16-24)23-6-7-25-18-33(40)37-30(25)17-23/h2,4-7,10-11,16-17,19,26,28-29,36H,3,8-9,12-15,18,20-21H2,1H3,(H,37,40)/t28-,29+/m1/s1. The Morgan fingerprint density at radius 2 is 1.91 bits per heavy atom. The molecule has 3 aliphatic heterocycles. The molecule has 9 nitrogen and oxygen atoms in total. The van der Waals surface area contributed by atoms with Crippen LogP contribution < -0.4 is 25.2 Å². The summed E-state index contributed by atoms with van der Waals surface area (Å²) in [6.45, 7) is 2.57. The predicted molar refractivity (Wildman–Crippen MR) is 169 cm³/mol. The number of hydrogen-bond acceptors (Lipinski definition) is 6. The van der Waals surface area contributed by atoms with E-state index in [0.29, 0.717) is 44.0 Å². The molecule has 1 aliphatic carbocycles. The van der Waals surface area contributed by atoms with Crippen LogP contribution in [0, 0.1) is 5.92 Å². The highest BCUT2D eigenvalue weighted by molar-refractivity contribution is 6.02. The maximum atomic E-state index is 14.5. The summed E-state index contributed by atoms with van der Waals surface area (Å²) < 4.78 is 11.0. The van der Waals surface area contributed by atoms with E-state index in [0.717, 1.165) is 59.4 Å². The number of piperidine rings is 1. The highest BCUT2D eigenvalue weighted by atomic mass is 16.5.